The van der Waals surface area contributed by atoms with Crippen LogP contribution in [-0.4, -0.2) is 31.2 Å². The maximum atomic E-state index is 11.2. The second-order valence-corrected chi connectivity index (χ2v) is 3.25. The van der Waals surface area contributed by atoms with Gasteiger partial charge in [-0.25, -0.2) is 0 Å². The van der Waals surface area contributed by atoms with E-state index < -0.39 is 12.0 Å². The van der Waals surface area contributed by atoms with Gasteiger partial charge in [-0.15, -0.1) is 12.4 Å². The Morgan fingerprint density at radius 2 is 1.56 bits per heavy atom. The number of hydrogen-bond acceptors (Lipinski definition) is 5. The molecule has 0 aliphatic carbocycles. The highest BCUT2D eigenvalue weighted by Gasteiger charge is 2.22. The molecule has 96 valence electrons. The Balaban J connectivity index is 0. The second-order valence-electron chi connectivity index (χ2n) is 3.25. The van der Waals surface area contributed by atoms with Crippen LogP contribution in [0.3, 0.4) is 0 Å². The first-order valence-corrected chi connectivity index (χ1v) is 5.11. The van der Waals surface area contributed by atoms with Gasteiger partial charge in [0.15, 0.2) is 0 Å². The summed E-state index contributed by atoms with van der Waals surface area (Å²) in [5.41, 5.74) is 5.56. The van der Waals surface area contributed by atoms with Crippen LogP contribution in [-0.2, 0) is 19.1 Å². The Hall–Kier alpha value is -0.810. The van der Waals surface area contributed by atoms with Crippen molar-refractivity contribution in [3.63, 3.8) is 0 Å². The Morgan fingerprint density at radius 1 is 1.12 bits per heavy atom. The van der Waals surface area contributed by atoms with Crippen molar-refractivity contribution in [1.82, 2.24) is 0 Å². The highest BCUT2D eigenvalue weighted by atomic mass is 35.5. The van der Waals surface area contributed by atoms with Crippen LogP contribution < -0.4 is 5.73 Å². The summed E-state index contributed by atoms with van der Waals surface area (Å²) in [6.07, 6.45) is 0.248. The minimum atomic E-state index is -0.760. The number of hydrogen-bond donors (Lipinski definition) is 1. The SMILES string of the molecule is CCOC(=O)[C@H](N)C[C@H](C)C(=O)OCC.Cl. The molecule has 0 aromatic carbocycles. The van der Waals surface area contributed by atoms with E-state index in [4.69, 9.17) is 15.2 Å². The fraction of sp³-hybridized carbons (Fsp3) is 0.800. The summed E-state index contributed by atoms with van der Waals surface area (Å²) < 4.78 is 9.53. The van der Waals surface area contributed by atoms with E-state index >= 15 is 0 Å². The minimum Gasteiger partial charge on any atom is -0.466 e. The molecule has 0 aliphatic heterocycles. The van der Waals surface area contributed by atoms with E-state index in [2.05, 4.69) is 0 Å². The van der Waals surface area contributed by atoms with Crippen LogP contribution in [0.2, 0.25) is 0 Å². The van der Waals surface area contributed by atoms with Crippen LogP contribution in [0.15, 0.2) is 0 Å². The van der Waals surface area contributed by atoms with Crippen LogP contribution in [0.25, 0.3) is 0 Å². The van der Waals surface area contributed by atoms with Crippen molar-refractivity contribution in [1.29, 1.82) is 0 Å². The van der Waals surface area contributed by atoms with Gasteiger partial charge in [0.2, 0.25) is 0 Å². The van der Waals surface area contributed by atoms with Crippen molar-refractivity contribution < 1.29 is 19.1 Å². The zero-order valence-electron chi connectivity index (χ0n) is 9.89. The summed E-state index contributed by atoms with van der Waals surface area (Å²) in [4.78, 5) is 22.4. The molecule has 16 heavy (non-hydrogen) atoms. The molecule has 0 bridgehead atoms. The molecule has 0 spiro atoms. The summed E-state index contributed by atoms with van der Waals surface area (Å²) in [6, 6.07) is -0.760. The van der Waals surface area contributed by atoms with E-state index in [-0.39, 0.29) is 30.7 Å². The van der Waals surface area contributed by atoms with Gasteiger partial charge in [0.25, 0.3) is 0 Å². The second kappa shape index (κ2) is 9.42. The summed E-state index contributed by atoms with van der Waals surface area (Å²) in [6.45, 7) is 5.74. The lowest BCUT2D eigenvalue weighted by Gasteiger charge is -2.14. The van der Waals surface area contributed by atoms with Crippen molar-refractivity contribution in [2.75, 3.05) is 13.2 Å². The zero-order chi connectivity index (χ0) is 11.8. The maximum absolute atomic E-state index is 11.2. The fourth-order valence-corrected chi connectivity index (χ4v) is 1.11. The van der Waals surface area contributed by atoms with Gasteiger partial charge in [-0.3, -0.25) is 9.59 Å². The highest BCUT2D eigenvalue weighted by Crippen LogP contribution is 2.08. The molecule has 0 fully saturated rings. The molecule has 0 unspecified atom stereocenters. The zero-order valence-corrected chi connectivity index (χ0v) is 10.7. The van der Waals surface area contributed by atoms with Crippen molar-refractivity contribution in [3.8, 4) is 0 Å². The molecule has 0 saturated heterocycles. The summed E-state index contributed by atoms with van der Waals surface area (Å²) in [5.74, 6) is -1.20. The van der Waals surface area contributed by atoms with E-state index in [9.17, 15) is 9.59 Å². The number of carbonyl (C=O) groups excluding carboxylic acids is 2. The topological polar surface area (TPSA) is 78.6 Å². The summed E-state index contributed by atoms with van der Waals surface area (Å²) in [5, 5.41) is 0. The summed E-state index contributed by atoms with van der Waals surface area (Å²) in [7, 11) is 0. The van der Waals surface area contributed by atoms with Gasteiger partial charge in [-0.1, -0.05) is 6.92 Å². The first-order chi connectivity index (χ1) is 7.02. The first-order valence-electron chi connectivity index (χ1n) is 5.11. The average molecular weight is 254 g/mol. The minimum absolute atomic E-state index is 0. The van der Waals surface area contributed by atoms with Gasteiger partial charge in [0, 0.05) is 0 Å². The Kier molecular flexibility index (Phi) is 10.3. The quantitative estimate of drug-likeness (QED) is 0.711. The number of carbonyl (C=O) groups is 2. The molecular weight excluding hydrogens is 234 g/mol. The monoisotopic (exact) mass is 253 g/mol. The molecule has 6 heteroatoms. The molecule has 2 atom stereocenters. The molecule has 0 aromatic rings. The molecule has 0 aliphatic rings. The third-order valence-electron chi connectivity index (χ3n) is 1.89. The normalized spacial score (nSPS) is 13.2. The molecular formula is C10H20ClNO4. The van der Waals surface area contributed by atoms with Gasteiger partial charge >= 0.3 is 11.9 Å². The van der Waals surface area contributed by atoms with Crippen LogP contribution in [0.4, 0.5) is 0 Å². The van der Waals surface area contributed by atoms with E-state index in [0.717, 1.165) is 0 Å². The lowest BCUT2D eigenvalue weighted by Crippen LogP contribution is -2.35. The van der Waals surface area contributed by atoms with Crippen LogP contribution in [0.1, 0.15) is 27.2 Å². The van der Waals surface area contributed by atoms with Crippen molar-refractivity contribution in [2.24, 2.45) is 11.7 Å². The lowest BCUT2D eigenvalue weighted by molar-refractivity contribution is -0.149. The van der Waals surface area contributed by atoms with Gasteiger partial charge in [-0.2, -0.15) is 0 Å². The number of ether oxygens (including phenoxy) is 2. The van der Waals surface area contributed by atoms with E-state index in [1.54, 1.807) is 20.8 Å². The van der Waals surface area contributed by atoms with Crippen LogP contribution in [0.5, 0.6) is 0 Å². The third kappa shape index (κ3) is 6.63. The molecule has 0 radical (unpaired) electrons. The van der Waals surface area contributed by atoms with Gasteiger partial charge < -0.3 is 15.2 Å². The number of rotatable bonds is 6. The molecule has 0 heterocycles. The van der Waals surface area contributed by atoms with Gasteiger partial charge in [0.05, 0.1) is 19.1 Å². The Labute approximate surface area is 102 Å². The van der Waals surface area contributed by atoms with Crippen molar-refractivity contribution >= 4 is 24.3 Å². The third-order valence-corrected chi connectivity index (χ3v) is 1.89. The summed E-state index contributed by atoms with van der Waals surface area (Å²) >= 11 is 0. The average Bonchev–Trinajstić information content (AvgIpc) is 2.18. The number of nitrogens with two attached hydrogens (primary N) is 1. The van der Waals surface area contributed by atoms with Gasteiger partial charge in [-0.05, 0) is 20.3 Å². The molecule has 2 N–H and O–H groups in total. The number of esters is 2. The van der Waals surface area contributed by atoms with Crippen molar-refractivity contribution in [2.45, 2.75) is 33.2 Å². The first kappa shape index (κ1) is 17.6. The molecule has 5 nitrogen and oxygen atoms in total. The fourth-order valence-electron chi connectivity index (χ4n) is 1.11. The molecule has 0 aromatic heterocycles. The van der Waals surface area contributed by atoms with Crippen LogP contribution in [0, 0.1) is 5.92 Å². The standard InChI is InChI=1S/C10H19NO4.ClH/c1-4-14-9(12)7(3)6-8(11)10(13)15-5-2;/h7-8H,4-6,11H2,1-3H3;1H/t7-,8+;/m0./s1. The highest BCUT2D eigenvalue weighted by molar-refractivity contribution is 5.85. The molecule has 0 rings (SSSR count). The van der Waals surface area contributed by atoms with E-state index in [1.807, 2.05) is 0 Å². The predicted molar refractivity (Wildman–Crippen MR) is 62.3 cm³/mol. The molecule has 0 saturated carbocycles. The maximum Gasteiger partial charge on any atom is 0.322 e. The molecule has 0 amide bonds. The van der Waals surface area contributed by atoms with Crippen LogP contribution >= 0.6 is 12.4 Å². The predicted octanol–water partition coefficient (Wildman–Crippen LogP) is 0.888. The van der Waals surface area contributed by atoms with Gasteiger partial charge in [0.1, 0.15) is 6.04 Å². The lowest BCUT2D eigenvalue weighted by atomic mass is 10.0. The van der Waals surface area contributed by atoms with Crippen molar-refractivity contribution in [3.05, 3.63) is 0 Å². The largest absolute Gasteiger partial charge is 0.466 e. The Morgan fingerprint density at radius 3 is 2.00 bits per heavy atom. The van der Waals surface area contributed by atoms with E-state index in [0.29, 0.717) is 13.2 Å². The smallest absolute Gasteiger partial charge is 0.322 e. The van der Waals surface area contributed by atoms with E-state index in [1.165, 1.54) is 0 Å². The number of halogens is 1. The Bertz CT molecular complexity index is 201.